The van der Waals surface area contributed by atoms with Gasteiger partial charge in [0.2, 0.25) is 0 Å². The van der Waals surface area contributed by atoms with Crippen LogP contribution in [0.3, 0.4) is 0 Å². The van der Waals surface area contributed by atoms with E-state index in [0.717, 1.165) is 0 Å². The molecule has 0 aliphatic carbocycles. The van der Waals surface area contributed by atoms with E-state index in [1.54, 1.807) is 12.1 Å². The largest absolute Gasteiger partial charge is 0.488 e. The number of carbonyl (C=O) groups excluding carboxylic acids is 1. The summed E-state index contributed by atoms with van der Waals surface area (Å²) in [5.74, 6) is -1.67. The summed E-state index contributed by atoms with van der Waals surface area (Å²) in [5, 5.41) is 9.16. The molecule has 2 rings (SSSR count). The normalized spacial score (nSPS) is 10.2. The second-order valence-corrected chi connectivity index (χ2v) is 4.49. The number of Topliss-reactive ketones (excluding diaryl/α,β-unsaturated/α-hetero) is 1. The van der Waals surface area contributed by atoms with Crippen molar-refractivity contribution in [1.82, 2.24) is 0 Å². The van der Waals surface area contributed by atoms with Gasteiger partial charge in [0.25, 0.3) is 0 Å². The van der Waals surface area contributed by atoms with Crippen LogP contribution in [0.15, 0.2) is 42.5 Å². The zero-order chi connectivity index (χ0) is 15.4. The summed E-state index contributed by atoms with van der Waals surface area (Å²) < 4.78 is 18.5. The first-order chi connectivity index (χ1) is 9.97. The third kappa shape index (κ3) is 3.66. The maximum absolute atomic E-state index is 13.1. The van der Waals surface area contributed by atoms with Crippen LogP contribution in [0.5, 0.6) is 5.75 Å². The molecule has 108 valence electrons. The van der Waals surface area contributed by atoms with Crippen LogP contribution in [0.4, 0.5) is 4.39 Å². The van der Waals surface area contributed by atoms with Gasteiger partial charge in [-0.25, -0.2) is 9.18 Å². The minimum absolute atomic E-state index is 0.0391. The van der Waals surface area contributed by atoms with Crippen molar-refractivity contribution in [1.29, 1.82) is 0 Å². The van der Waals surface area contributed by atoms with Gasteiger partial charge in [0.05, 0.1) is 0 Å². The number of carboxylic acids is 1. The molecule has 5 heteroatoms. The van der Waals surface area contributed by atoms with Crippen LogP contribution in [-0.4, -0.2) is 16.9 Å². The number of aromatic carboxylic acids is 1. The zero-order valence-electron chi connectivity index (χ0n) is 11.3. The molecule has 2 aromatic carbocycles. The van der Waals surface area contributed by atoms with E-state index in [2.05, 4.69) is 0 Å². The number of rotatable bonds is 5. The molecule has 0 aromatic heterocycles. The number of hydrogen-bond acceptors (Lipinski definition) is 3. The molecule has 0 unspecified atom stereocenters. The molecule has 0 fully saturated rings. The van der Waals surface area contributed by atoms with Crippen LogP contribution in [0, 0.1) is 5.82 Å². The van der Waals surface area contributed by atoms with Gasteiger partial charge in [-0.05, 0) is 42.8 Å². The van der Waals surface area contributed by atoms with E-state index in [4.69, 9.17) is 9.84 Å². The molecular weight excluding hydrogens is 275 g/mol. The summed E-state index contributed by atoms with van der Waals surface area (Å²) >= 11 is 0. The molecule has 0 saturated heterocycles. The smallest absolute Gasteiger partial charge is 0.339 e. The summed E-state index contributed by atoms with van der Waals surface area (Å²) in [5.41, 5.74) is 0.784. The third-order valence-corrected chi connectivity index (χ3v) is 2.90. The Labute approximate surface area is 120 Å². The second-order valence-electron chi connectivity index (χ2n) is 4.49. The van der Waals surface area contributed by atoms with Crippen LogP contribution >= 0.6 is 0 Å². The fourth-order valence-electron chi connectivity index (χ4n) is 1.83. The second kappa shape index (κ2) is 6.17. The van der Waals surface area contributed by atoms with E-state index in [0.29, 0.717) is 11.1 Å². The van der Waals surface area contributed by atoms with E-state index in [1.165, 1.54) is 37.3 Å². The Hall–Kier alpha value is -2.69. The van der Waals surface area contributed by atoms with Crippen LogP contribution in [-0.2, 0) is 6.61 Å². The van der Waals surface area contributed by atoms with Crippen LogP contribution < -0.4 is 4.74 Å². The van der Waals surface area contributed by atoms with Crippen molar-refractivity contribution < 1.29 is 23.8 Å². The maximum Gasteiger partial charge on any atom is 0.339 e. The lowest BCUT2D eigenvalue weighted by molar-refractivity contribution is 0.0691. The van der Waals surface area contributed by atoms with Crippen molar-refractivity contribution >= 4 is 11.8 Å². The fraction of sp³-hybridized carbons (Fsp3) is 0.125. The lowest BCUT2D eigenvalue weighted by Crippen LogP contribution is -2.05. The fourth-order valence-corrected chi connectivity index (χ4v) is 1.83. The highest BCUT2D eigenvalue weighted by molar-refractivity contribution is 5.98. The Morgan fingerprint density at radius 3 is 2.57 bits per heavy atom. The monoisotopic (exact) mass is 288 g/mol. The number of carboxylic acid groups (broad SMARTS) is 1. The molecule has 4 nitrogen and oxygen atoms in total. The maximum atomic E-state index is 13.1. The summed E-state index contributed by atoms with van der Waals surface area (Å²) in [6, 6.07) is 10.0. The molecule has 0 spiro atoms. The van der Waals surface area contributed by atoms with Gasteiger partial charge >= 0.3 is 5.97 Å². The van der Waals surface area contributed by atoms with Gasteiger partial charge in [0.15, 0.2) is 5.78 Å². The molecule has 0 atom stereocenters. The van der Waals surface area contributed by atoms with Gasteiger partial charge in [0, 0.05) is 5.56 Å². The molecule has 0 aliphatic rings. The first-order valence-corrected chi connectivity index (χ1v) is 6.23. The van der Waals surface area contributed by atoms with Gasteiger partial charge in [-0.2, -0.15) is 0 Å². The first kappa shape index (κ1) is 14.7. The Balaban J connectivity index is 2.23. The average Bonchev–Trinajstić information content (AvgIpc) is 2.44. The van der Waals surface area contributed by atoms with Crippen molar-refractivity contribution in [3.8, 4) is 5.75 Å². The quantitative estimate of drug-likeness (QED) is 0.857. The van der Waals surface area contributed by atoms with Crippen molar-refractivity contribution in [2.75, 3.05) is 0 Å². The van der Waals surface area contributed by atoms with Gasteiger partial charge in [-0.3, -0.25) is 4.79 Å². The Morgan fingerprint density at radius 1 is 1.19 bits per heavy atom. The standard InChI is InChI=1S/C16H13FO4/c1-10(18)12-5-6-15(14(8-12)16(19)20)21-9-11-3-2-4-13(17)7-11/h2-8H,9H2,1H3,(H,19,20). The number of halogens is 1. The summed E-state index contributed by atoms with van der Waals surface area (Å²) in [6.45, 7) is 1.39. The summed E-state index contributed by atoms with van der Waals surface area (Å²) in [4.78, 5) is 22.5. The predicted octanol–water partition coefficient (Wildman–Crippen LogP) is 3.31. The van der Waals surface area contributed by atoms with E-state index < -0.39 is 5.97 Å². The summed E-state index contributed by atoms with van der Waals surface area (Å²) in [6.07, 6.45) is 0. The molecule has 21 heavy (non-hydrogen) atoms. The highest BCUT2D eigenvalue weighted by Gasteiger charge is 2.14. The molecular formula is C16H13FO4. The number of hydrogen-bond donors (Lipinski definition) is 1. The van der Waals surface area contributed by atoms with Crippen molar-refractivity contribution in [3.63, 3.8) is 0 Å². The van der Waals surface area contributed by atoms with Gasteiger partial charge < -0.3 is 9.84 Å². The Kier molecular flexibility index (Phi) is 4.33. The average molecular weight is 288 g/mol. The van der Waals surface area contributed by atoms with Crippen LogP contribution in [0.2, 0.25) is 0 Å². The number of ether oxygens (including phenoxy) is 1. The number of benzene rings is 2. The topological polar surface area (TPSA) is 63.6 Å². The molecule has 0 saturated carbocycles. The van der Waals surface area contributed by atoms with E-state index >= 15 is 0 Å². The predicted molar refractivity (Wildman–Crippen MR) is 74.1 cm³/mol. The third-order valence-electron chi connectivity index (χ3n) is 2.90. The lowest BCUT2D eigenvalue weighted by Gasteiger charge is -2.10. The lowest BCUT2D eigenvalue weighted by atomic mass is 10.1. The molecule has 1 N–H and O–H groups in total. The highest BCUT2D eigenvalue weighted by Crippen LogP contribution is 2.22. The zero-order valence-corrected chi connectivity index (χ0v) is 11.3. The minimum atomic E-state index is -1.19. The van der Waals surface area contributed by atoms with Crippen LogP contribution in [0.25, 0.3) is 0 Å². The molecule has 0 amide bonds. The highest BCUT2D eigenvalue weighted by atomic mass is 19.1. The Bertz CT molecular complexity index is 694. The van der Waals surface area contributed by atoms with Gasteiger partial charge in [-0.15, -0.1) is 0 Å². The van der Waals surface area contributed by atoms with Crippen molar-refractivity contribution in [2.24, 2.45) is 0 Å². The summed E-state index contributed by atoms with van der Waals surface area (Å²) in [7, 11) is 0. The first-order valence-electron chi connectivity index (χ1n) is 6.23. The Morgan fingerprint density at radius 2 is 1.95 bits per heavy atom. The van der Waals surface area contributed by atoms with Crippen molar-refractivity contribution in [2.45, 2.75) is 13.5 Å². The SMILES string of the molecule is CC(=O)c1ccc(OCc2cccc(F)c2)c(C(=O)O)c1. The minimum Gasteiger partial charge on any atom is -0.488 e. The van der Waals surface area contributed by atoms with Gasteiger partial charge in [0.1, 0.15) is 23.7 Å². The van der Waals surface area contributed by atoms with E-state index in [9.17, 15) is 14.0 Å². The van der Waals surface area contributed by atoms with Gasteiger partial charge in [-0.1, -0.05) is 12.1 Å². The number of carbonyl (C=O) groups is 2. The van der Waals surface area contributed by atoms with E-state index in [1.807, 2.05) is 0 Å². The molecule has 0 heterocycles. The van der Waals surface area contributed by atoms with Crippen LogP contribution in [0.1, 0.15) is 33.2 Å². The van der Waals surface area contributed by atoms with E-state index in [-0.39, 0.29) is 29.5 Å². The molecule has 2 aromatic rings. The molecule has 0 radical (unpaired) electrons. The molecule has 0 aliphatic heterocycles. The number of ketones is 1. The van der Waals surface area contributed by atoms with Crippen molar-refractivity contribution in [3.05, 3.63) is 65.0 Å². The molecule has 0 bridgehead atoms.